The Morgan fingerprint density at radius 1 is 1.27 bits per heavy atom. The Kier molecular flexibility index (Phi) is 5.66. The fourth-order valence-corrected chi connectivity index (χ4v) is 2.58. The lowest BCUT2D eigenvalue weighted by atomic mass is 10.0. The van der Waals surface area contributed by atoms with Gasteiger partial charge < -0.3 is 5.32 Å². The first-order chi connectivity index (χ1) is 10.6. The maximum atomic E-state index is 12.3. The molecule has 0 aliphatic carbocycles. The lowest BCUT2D eigenvalue weighted by Crippen LogP contribution is -2.22. The first-order valence-electron chi connectivity index (χ1n) is 7.22. The highest BCUT2D eigenvalue weighted by atomic mass is 32.1. The highest BCUT2D eigenvalue weighted by molar-refractivity contribution is 7.13. The molecular weight excluding hydrogens is 298 g/mol. The Labute approximate surface area is 133 Å². The van der Waals surface area contributed by atoms with E-state index in [4.69, 9.17) is 0 Å². The zero-order chi connectivity index (χ0) is 15.9. The highest BCUT2D eigenvalue weighted by Gasteiger charge is 2.17. The molecule has 1 aromatic heterocycles. The van der Waals surface area contributed by atoms with Gasteiger partial charge in [0.05, 0.1) is 11.3 Å². The van der Waals surface area contributed by atoms with Crippen molar-refractivity contribution in [3.63, 3.8) is 0 Å². The number of rotatable bonds is 6. The molecule has 5 nitrogen and oxygen atoms in total. The quantitative estimate of drug-likeness (QED) is 0.852. The molecule has 2 rings (SSSR count). The van der Waals surface area contributed by atoms with Gasteiger partial charge in [-0.05, 0) is 18.6 Å². The van der Waals surface area contributed by atoms with Crippen LogP contribution >= 0.6 is 11.3 Å². The number of benzene rings is 1. The van der Waals surface area contributed by atoms with E-state index in [1.54, 1.807) is 35.8 Å². The molecular formula is C16H19N3O2S. The Morgan fingerprint density at radius 2 is 2.05 bits per heavy atom. The van der Waals surface area contributed by atoms with E-state index in [-0.39, 0.29) is 17.7 Å². The lowest BCUT2D eigenvalue weighted by molar-refractivity contribution is -0.119. The van der Waals surface area contributed by atoms with E-state index in [1.807, 2.05) is 13.8 Å². The molecule has 6 heteroatoms. The fourth-order valence-electron chi connectivity index (χ4n) is 2.06. The van der Waals surface area contributed by atoms with Gasteiger partial charge in [0.1, 0.15) is 0 Å². The molecule has 0 spiro atoms. The van der Waals surface area contributed by atoms with Gasteiger partial charge in [0, 0.05) is 17.5 Å². The molecule has 0 aliphatic rings. The average molecular weight is 317 g/mol. The van der Waals surface area contributed by atoms with Crippen molar-refractivity contribution in [2.24, 2.45) is 5.92 Å². The van der Waals surface area contributed by atoms with E-state index < -0.39 is 0 Å². The molecule has 2 amide bonds. The summed E-state index contributed by atoms with van der Waals surface area (Å²) in [5, 5.41) is 7.88. The molecule has 2 aromatic rings. The van der Waals surface area contributed by atoms with E-state index in [9.17, 15) is 9.59 Å². The molecule has 0 bridgehead atoms. The fraction of sp³-hybridized carbons (Fsp3) is 0.312. The number of nitrogens with zero attached hydrogens (tertiary/aromatic N) is 1. The van der Waals surface area contributed by atoms with Gasteiger partial charge in [-0.2, -0.15) is 0 Å². The van der Waals surface area contributed by atoms with Gasteiger partial charge in [0.25, 0.3) is 5.91 Å². The topological polar surface area (TPSA) is 71.1 Å². The van der Waals surface area contributed by atoms with Crippen molar-refractivity contribution in [1.82, 2.24) is 4.98 Å². The highest BCUT2D eigenvalue weighted by Crippen LogP contribution is 2.19. The summed E-state index contributed by atoms with van der Waals surface area (Å²) in [6.45, 7) is 3.93. The van der Waals surface area contributed by atoms with Crippen LogP contribution in [0.5, 0.6) is 0 Å². The number of hydrogen-bond donors (Lipinski definition) is 2. The minimum Gasteiger partial charge on any atom is -0.325 e. The number of thiazole rings is 1. The predicted molar refractivity (Wildman–Crippen MR) is 89.2 cm³/mol. The van der Waals surface area contributed by atoms with Gasteiger partial charge in [-0.15, -0.1) is 11.3 Å². The number of nitrogens with one attached hydrogen (secondary N) is 2. The molecule has 2 N–H and O–H groups in total. The summed E-state index contributed by atoms with van der Waals surface area (Å²) in [5.74, 6) is -0.439. The van der Waals surface area contributed by atoms with Gasteiger partial charge in [0.2, 0.25) is 5.91 Å². The van der Waals surface area contributed by atoms with Crippen molar-refractivity contribution in [1.29, 1.82) is 0 Å². The summed E-state index contributed by atoms with van der Waals surface area (Å²) >= 11 is 1.35. The van der Waals surface area contributed by atoms with Crippen LogP contribution in [0.3, 0.4) is 0 Å². The van der Waals surface area contributed by atoms with Crippen molar-refractivity contribution < 1.29 is 9.59 Å². The Morgan fingerprint density at radius 3 is 2.73 bits per heavy atom. The van der Waals surface area contributed by atoms with Crippen LogP contribution in [0.2, 0.25) is 0 Å². The number of para-hydroxylation sites is 1. The van der Waals surface area contributed by atoms with Crippen LogP contribution in [0.25, 0.3) is 0 Å². The normalized spacial score (nSPS) is 11.7. The summed E-state index contributed by atoms with van der Waals surface area (Å²) in [6.07, 6.45) is 3.39. The summed E-state index contributed by atoms with van der Waals surface area (Å²) < 4.78 is 0. The number of hydrogen-bond acceptors (Lipinski definition) is 4. The SMILES string of the molecule is CCCC(C)C(=O)Nc1ccccc1C(=O)Nc1nccs1. The third-order valence-electron chi connectivity index (χ3n) is 3.25. The summed E-state index contributed by atoms with van der Waals surface area (Å²) in [4.78, 5) is 28.5. The molecule has 1 aromatic carbocycles. The summed E-state index contributed by atoms with van der Waals surface area (Å²) in [5.41, 5.74) is 0.944. The van der Waals surface area contributed by atoms with E-state index >= 15 is 0 Å². The van der Waals surface area contributed by atoms with Crippen molar-refractivity contribution in [3.8, 4) is 0 Å². The number of carbonyl (C=O) groups is 2. The molecule has 116 valence electrons. The molecule has 0 saturated carbocycles. The molecule has 0 aliphatic heterocycles. The average Bonchev–Trinajstić information content (AvgIpc) is 3.00. The minimum atomic E-state index is -0.283. The first-order valence-corrected chi connectivity index (χ1v) is 8.10. The van der Waals surface area contributed by atoms with Gasteiger partial charge >= 0.3 is 0 Å². The molecule has 0 saturated heterocycles. The second-order valence-electron chi connectivity index (χ2n) is 5.02. The van der Waals surface area contributed by atoms with Crippen LogP contribution in [0.4, 0.5) is 10.8 Å². The van der Waals surface area contributed by atoms with E-state index in [0.717, 1.165) is 12.8 Å². The zero-order valence-corrected chi connectivity index (χ0v) is 13.4. The smallest absolute Gasteiger partial charge is 0.259 e. The summed E-state index contributed by atoms with van der Waals surface area (Å²) in [7, 11) is 0. The number of carbonyl (C=O) groups excluding carboxylic acids is 2. The first kappa shape index (κ1) is 16.2. The van der Waals surface area contributed by atoms with Crippen LogP contribution in [0.1, 0.15) is 37.0 Å². The Bertz CT molecular complexity index is 641. The minimum absolute atomic E-state index is 0.0728. The molecule has 0 radical (unpaired) electrons. The Hall–Kier alpha value is -2.21. The third kappa shape index (κ3) is 4.14. The molecule has 1 heterocycles. The second-order valence-corrected chi connectivity index (χ2v) is 5.91. The van der Waals surface area contributed by atoms with E-state index in [0.29, 0.717) is 16.4 Å². The Balaban J connectivity index is 2.12. The van der Waals surface area contributed by atoms with Crippen molar-refractivity contribution in [2.75, 3.05) is 10.6 Å². The molecule has 1 unspecified atom stereocenters. The van der Waals surface area contributed by atoms with Crippen molar-refractivity contribution >= 4 is 34.0 Å². The van der Waals surface area contributed by atoms with Gasteiger partial charge in [-0.25, -0.2) is 4.98 Å². The molecule has 22 heavy (non-hydrogen) atoms. The largest absolute Gasteiger partial charge is 0.325 e. The molecule has 1 atom stereocenters. The van der Waals surface area contributed by atoms with Gasteiger partial charge in [0.15, 0.2) is 5.13 Å². The van der Waals surface area contributed by atoms with Gasteiger partial charge in [-0.3, -0.25) is 14.9 Å². The molecule has 0 fully saturated rings. The number of aromatic nitrogens is 1. The zero-order valence-electron chi connectivity index (χ0n) is 12.6. The van der Waals surface area contributed by atoms with E-state index in [2.05, 4.69) is 15.6 Å². The standard InChI is InChI=1S/C16H19N3O2S/c1-3-6-11(2)14(20)18-13-8-5-4-7-12(13)15(21)19-16-17-9-10-22-16/h4-5,7-11H,3,6H2,1-2H3,(H,18,20)(H,17,19,21). The van der Waals surface area contributed by atoms with E-state index in [1.165, 1.54) is 11.3 Å². The van der Waals surface area contributed by atoms with Crippen LogP contribution < -0.4 is 10.6 Å². The van der Waals surface area contributed by atoms with Crippen LogP contribution in [-0.4, -0.2) is 16.8 Å². The van der Waals surface area contributed by atoms with Crippen molar-refractivity contribution in [2.45, 2.75) is 26.7 Å². The number of anilines is 2. The van der Waals surface area contributed by atoms with Crippen molar-refractivity contribution in [3.05, 3.63) is 41.4 Å². The predicted octanol–water partition coefficient (Wildman–Crippen LogP) is 3.77. The van der Waals surface area contributed by atoms with Crippen LogP contribution in [0, 0.1) is 5.92 Å². The second kappa shape index (κ2) is 7.70. The van der Waals surface area contributed by atoms with Crippen LogP contribution in [0.15, 0.2) is 35.8 Å². The van der Waals surface area contributed by atoms with Gasteiger partial charge in [-0.1, -0.05) is 32.4 Å². The monoisotopic (exact) mass is 317 g/mol. The van der Waals surface area contributed by atoms with Crippen LogP contribution in [-0.2, 0) is 4.79 Å². The number of amides is 2. The lowest BCUT2D eigenvalue weighted by Gasteiger charge is -2.14. The maximum Gasteiger partial charge on any atom is 0.259 e. The third-order valence-corrected chi connectivity index (χ3v) is 3.94. The maximum absolute atomic E-state index is 12.3. The summed E-state index contributed by atoms with van der Waals surface area (Å²) in [6, 6.07) is 6.97.